The summed E-state index contributed by atoms with van der Waals surface area (Å²) in [4.78, 5) is 0. The molecule has 0 radical (unpaired) electrons. The van der Waals surface area contributed by atoms with Crippen molar-refractivity contribution in [1.29, 1.82) is 0 Å². The number of methoxy groups -OCH3 is 2. The SMILES string of the molecule is COCCCNC(=S)NCCOCCOC. The first-order valence-corrected chi connectivity index (χ1v) is 5.79. The van der Waals surface area contributed by atoms with Gasteiger partial charge in [-0.25, -0.2) is 0 Å². The molecule has 0 aliphatic carbocycles. The van der Waals surface area contributed by atoms with Gasteiger partial charge in [-0.15, -0.1) is 0 Å². The van der Waals surface area contributed by atoms with Gasteiger partial charge in [-0.05, 0) is 18.6 Å². The molecule has 0 rings (SSSR count). The van der Waals surface area contributed by atoms with E-state index in [1.165, 1.54) is 0 Å². The van der Waals surface area contributed by atoms with Crippen molar-refractivity contribution >= 4 is 17.3 Å². The molecule has 0 aromatic rings. The molecule has 6 heteroatoms. The minimum atomic E-state index is 0.617. The fourth-order valence-electron chi connectivity index (χ4n) is 0.962. The van der Waals surface area contributed by atoms with Crippen LogP contribution < -0.4 is 10.6 Å². The lowest BCUT2D eigenvalue weighted by molar-refractivity contribution is 0.0734. The van der Waals surface area contributed by atoms with E-state index in [1.54, 1.807) is 14.2 Å². The van der Waals surface area contributed by atoms with E-state index in [-0.39, 0.29) is 0 Å². The molecule has 0 aromatic heterocycles. The number of thiocarbonyl (C=S) groups is 1. The minimum Gasteiger partial charge on any atom is -0.385 e. The van der Waals surface area contributed by atoms with Crippen LogP contribution in [-0.4, -0.2) is 58.8 Å². The van der Waals surface area contributed by atoms with Gasteiger partial charge in [-0.1, -0.05) is 0 Å². The summed E-state index contributed by atoms with van der Waals surface area (Å²) in [5.41, 5.74) is 0. The zero-order chi connectivity index (χ0) is 12.1. The Kier molecular flexibility index (Phi) is 12.3. The lowest BCUT2D eigenvalue weighted by Crippen LogP contribution is -2.37. The number of hydrogen-bond donors (Lipinski definition) is 2. The molecule has 2 N–H and O–H groups in total. The summed E-state index contributed by atoms with van der Waals surface area (Å²) in [7, 11) is 3.34. The highest BCUT2D eigenvalue weighted by Crippen LogP contribution is 1.78. The highest BCUT2D eigenvalue weighted by molar-refractivity contribution is 7.80. The number of rotatable bonds is 10. The molecule has 0 atom stereocenters. The maximum absolute atomic E-state index is 5.27. The van der Waals surface area contributed by atoms with Crippen molar-refractivity contribution in [2.45, 2.75) is 6.42 Å². The van der Waals surface area contributed by atoms with Gasteiger partial charge in [-0.2, -0.15) is 0 Å². The Hall–Kier alpha value is -0.430. The predicted octanol–water partition coefficient (Wildman–Crippen LogP) is 0.150. The van der Waals surface area contributed by atoms with Gasteiger partial charge < -0.3 is 24.8 Å². The highest BCUT2D eigenvalue weighted by atomic mass is 32.1. The van der Waals surface area contributed by atoms with Crippen LogP contribution in [0.1, 0.15) is 6.42 Å². The molecule has 96 valence electrons. The summed E-state index contributed by atoms with van der Waals surface area (Å²) in [6.07, 6.45) is 0.947. The Morgan fingerprint density at radius 1 is 0.938 bits per heavy atom. The minimum absolute atomic E-state index is 0.617. The summed E-state index contributed by atoms with van der Waals surface area (Å²) in [6.45, 7) is 4.15. The number of ether oxygens (including phenoxy) is 3. The van der Waals surface area contributed by atoms with Crippen molar-refractivity contribution < 1.29 is 14.2 Å². The largest absolute Gasteiger partial charge is 0.385 e. The molecule has 0 saturated carbocycles. The fraction of sp³-hybridized carbons (Fsp3) is 0.900. The van der Waals surface area contributed by atoms with E-state index in [0.717, 1.165) is 19.6 Å². The van der Waals surface area contributed by atoms with E-state index >= 15 is 0 Å². The quantitative estimate of drug-likeness (QED) is 0.425. The number of hydrogen-bond acceptors (Lipinski definition) is 4. The second-order valence-corrected chi connectivity index (χ2v) is 3.54. The Labute approximate surface area is 103 Å². The standard InChI is InChI=1S/C10H22N2O3S/c1-13-6-3-4-11-10(16)12-5-7-15-9-8-14-2/h3-9H2,1-2H3,(H2,11,12,16). The van der Waals surface area contributed by atoms with Gasteiger partial charge in [0.15, 0.2) is 5.11 Å². The highest BCUT2D eigenvalue weighted by Gasteiger charge is 1.94. The molecule has 0 aliphatic heterocycles. The molecular weight excluding hydrogens is 228 g/mol. The van der Waals surface area contributed by atoms with Gasteiger partial charge in [0, 0.05) is 33.9 Å². The zero-order valence-corrected chi connectivity index (χ0v) is 10.9. The van der Waals surface area contributed by atoms with Crippen LogP contribution in [0.5, 0.6) is 0 Å². The lowest BCUT2D eigenvalue weighted by atomic mass is 10.4. The Balaban J connectivity index is 3.11. The van der Waals surface area contributed by atoms with Gasteiger partial charge in [0.25, 0.3) is 0 Å². The van der Waals surface area contributed by atoms with E-state index < -0.39 is 0 Å². The molecular formula is C10H22N2O3S. The third kappa shape index (κ3) is 11.6. The van der Waals surface area contributed by atoms with Crippen molar-refractivity contribution in [2.24, 2.45) is 0 Å². The molecule has 16 heavy (non-hydrogen) atoms. The maximum Gasteiger partial charge on any atom is 0.166 e. The van der Waals surface area contributed by atoms with E-state index in [1.807, 2.05) is 0 Å². The van der Waals surface area contributed by atoms with E-state index in [0.29, 0.717) is 31.5 Å². The van der Waals surface area contributed by atoms with Crippen LogP contribution in [0.3, 0.4) is 0 Å². The van der Waals surface area contributed by atoms with Gasteiger partial charge in [-0.3, -0.25) is 0 Å². The topological polar surface area (TPSA) is 51.8 Å². The van der Waals surface area contributed by atoms with Crippen molar-refractivity contribution in [3.8, 4) is 0 Å². The van der Waals surface area contributed by atoms with Gasteiger partial charge in [0.1, 0.15) is 0 Å². The molecule has 0 heterocycles. The van der Waals surface area contributed by atoms with E-state index in [9.17, 15) is 0 Å². The van der Waals surface area contributed by atoms with E-state index in [2.05, 4.69) is 10.6 Å². The average molecular weight is 250 g/mol. The number of nitrogens with one attached hydrogen (secondary N) is 2. The van der Waals surface area contributed by atoms with Crippen LogP contribution in [0.4, 0.5) is 0 Å². The molecule has 0 unspecified atom stereocenters. The maximum atomic E-state index is 5.27. The summed E-state index contributed by atoms with van der Waals surface area (Å²) in [5.74, 6) is 0. The summed E-state index contributed by atoms with van der Waals surface area (Å²) in [5, 5.41) is 6.79. The van der Waals surface area contributed by atoms with Crippen LogP contribution in [0.15, 0.2) is 0 Å². The van der Waals surface area contributed by atoms with Crippen LogP contribution in [0, 0.1) is 0 Å². The molecule has 0 aromatic carbocycles. The van der Waals surface area contributed by atoms with Crippen molar-refractivity contribution in [3.05, 3.63) is 0 Å². The monoisotopic (exact) mass is 250 g/mol. The molecule has 0 bridgehead atoms. The first kappa shape index (κ1) is 15.6. The zero-order valence-electron chi connectivity index (χ0n) is 10.1. The van der Waals surface area contributed by atoms with Crippen molar-refractivity contribution in [3.63, 3.8) is 0 Å². The predicted molar refractivity (Wildman–Crippen MR) is 67.8 cm³/mol. The Bertz CT molecular complexity index is 170. The smallest absolute Gasteiger partial charge is 0.166 e. The first-order valence-electron chi connectivity index (χ1n) is 5.38. The summed E-state index contributed by atoms with van der Waals surface area (Å²) >= 11 is 5.06. The fourth-order valence-corrected chi connectivity index (χ4v) is 1.17. The molecule has 0 amide bonds. The van der Waals surface area contributed by atoms with Gasteiger partial charge in [0.2, 0.25) is 0 Å². The normalized spacial score (nSPS) is 10.1. The van der Waals surface area contributed by atoms with Crippen molar-refractivity contribution in [1.82, 2.24) is 10.6 Å². The summed E-state index contributed by atoms with van der Waals surface area (Å²) < 4.78 is 15.0. The second kappa shape index (κ2) is 12.6. The molecule has 0 saturated heterocycles. The van der Waals surface area contributed by atoms with Crippen LogP contribution in [0.2, 0.25) is 0 Å². The molecule has 0 spiro atoms. The molecule has 0 aliphatic rings. The Morgan fingerprint density at radius 2 is 1.62 bits per heavy atom. The molecule has 5 nitrogen and oxygen atoms in total. The Morgan fingerprint density at radius 3 is 2.31 bits per heavy atom. The van der Waals surface area contributed by atoms with Crippen LogP contribution in [0.25, 0.3) is 0 Å². The summed E-state index contributed by atoms with van der Waals surface area (Å²) in [6, 6.07) is 0. The van der Waals surface area contributed by atoms with Gasteiger partial charge in [0.05, 0.1) is 19.8 Å². The van der Waals surface area contributed by atoms with Gasteiger partial charge >= 0.3 is 0 Å². The van der Waals surface area contributed by atoms with Crippen LogP contribution in [-0.2, 0) is 14.2 Å². The third-order valence-corrected chi connectivity index (χ3v) is 2.06. The first-order chi connectivity index (χ1) is 7.81. The second-order valence-electron chi connectivity index (χ2n) is 3.13. The van der Waals surface area contributed by atoms with E-state index in [4.69, 9.17) is 26.4 Å². The van der Waals surface area contributed by atoms with Crippen molar-refractivity contribution in [2.75, 3.05) is 53.7 Å². The average Bonchev–Trinajstić information content (AvgIpc) is 2.29. The lowest BCUT2D eigenvalue weighted by Gasteiger charge is -2.10. The molecule has 0 fully saturated rings. The third-order valence-electron chi connectivity index (χ3n) is 1.77. The van der Waals surface area contributed by atoms with Crippen LogP contribution >= 0.6 is 12.2 Å².